The molecule has 0 radical (unpaired) electrons. The summed E-state index contributed by atoms with van der Waals surface area (Å²) in [6.45, 7) is 1.88. The van der Waals surface area contributed by atoms with Crippen molar-refractivity contribution in [2.45, 2.75) is 13.3 Å². The van der Waals surface area contributed by atoms with Crippen molar-refractivity contribution >= 4 is 11.6 Å². The fourth-order valence-corrected chi connectivity index (χ4v) is 1.91. The minimum absolute atomic E-state index is 0.252. The SMILES string of the molecule is Cc1cc(Cc2ccccc2)c(Cl)cc1O. The Hall–Kier alpha value is -1.47. The molecule has 0 aliphatic rings. The zero-order chi connectivity index (χ0) is 11.5. The minimum atomic E-state index is 0.252. The Balaban J connectivity index is 2.32. The molecule has 16 heavy (non-hydrogen) atoms. The third kappa shape index (κ3) is 2.37. The third-order valence-electron chi connectivity index (χ3n) is 2.60. The molecular formula is C14H13ClO. The summed E-state index contributed by atoms with van der Waals surface area (Å²) in [5.74, 6) is 0.252. The Morgan fingerprint density at radius 1 is 1.12 bits per heavy atom. The number of halogens is 1. The molecule has 0 saturated carbocycles. The lowest BCUT2D eigenvalue weighted by Crippen LogP contribution is -1.90. The van der Waals surface area contributed by atoms with Crippen LogP contribution in [0.1, 0.15) is 16.7 Å². The molecule has 0 atom stereocenters. The molecule has 0 fully saturated rings. The van der Waals surface area contributed by atoms with Gasteiger partial charge in [0.15, 0.2) is 0 Å². The molecule has 82 valence electrons. The average molecular weight is 233 g/mol. The maximum Gasteiger partial charge on any atom is 0.119 e. The molecular weight excluding hydrogens is 220 g/mol. The topological polar surface area (TPSA) is 20.2 Å². The van der Waals surface area contributed by atoms with E-state index in [9.17, 15) is 5.11 Å². The number of phenolic OH excluding ortho intramolecular Hbond substituents is 1. The van der Waals surface area contributed by atoms with Crippen molar-refractivity contribution < 1.29 is 5.11 Å². The van der Waals surface area contributed by atoms with Crippen LogP contribution in [0.3, 0.4) is 0 Å². The van der Waals surface area contributed by atoms with Gasteiger partial charge in [0, 0.05) is 5.02 Å². The maximum atomic E-state index is 9.51. The van der Waals surface area contributed by atoms with Crippen molar-refractivity contribution in [2.75, 3.05) is 0 Å². The van der Waals surface area contributed by atoms with Gasteiger partial charge in [-0.1, -0.05) is 48.0 Å². The van der Waals surface area contributed by atoms with Crippen molar-refractivity contribution in [1.29, 1.82) is 0 Å². The van der Waals surface area contributed by atoms with Crippen LogP contribution in [-0.4, -0.2) is 5.11 Å². The van der Waals surface area contributed by atoms with Crippen LogP contribution in [0.15, 0.2) is 42.5 Å². The lowest BCUT2D eigenvalue weighted by Gasteiger charge is -2.07. The van der Waals surface area contributed by atoms with Crippen LogP contribution < -0.4 is 0 Å². The van der Waals surface area contributed by atoms with E-state index >= 15 is 0 Å². The normalized spacial score (nSPS) is 10.4. The summed E-state index contributed by atoms with van der Waals surface area (Å²) in [4.78, 5) is 0. The van der Waals surface area contributed by atoms with Crippen LogP contribution in [0.4, 0.5) is 0 Å². The zero-order valence-electron chi connectivity index (χ0n) is 9.07. The van der Waals surface area contributed by atoms with Gasteiger partial charge in [-0.3, -0.25) is 0 Å². The summed E-state index contributed by atoms with van der Waals surface area (Å²) in [5, 5.41) is 10.1. The van der Waals surface area contributed by atoms with Crippen molar-refractivity contribution in [2.24, 2.45) is 0 Å². The van der Waals surface area contributed by atoms with E-state index in [-0.39, 0.29) is 5.75 Å². The molecule has 0 aromatic heterocycles. The van der Waals surface area contributed by atoms with Crippen LogP contribution in [0.2, 0.25) is 5.02 Å². The number of hydrogen-bond donors (Lipinski definition) is 1. The average Bonchev–Trinajstić information content (AvgIpc) is 2.27. The number of aryl methyl sites for hydroxylation is 1. The van der Waals surface area contributed by atoms with Gasteiger partial charge >= 0.3 is 0 Å². The van der Waals surface area contributed by atoms with Crippen LogP contribution >= 0.6 is 11.6 Å². The molecule has 0 aliphatic heterocycles. The summed E-state index contributed by atoms with van der Waals surface area (Å²) in [5.41, 5.74) is 3.12. The Bertz CT molecular complexity index is 492. The van der Waals surface area contributed by atoms with E-state index in [1.807, 2.05) is 31.2 Å². The first-order chi connectivity index (χ1) is 7.66. The highest BCUT2D eigenvalue weighted by atomic mass is 35.5. The summed E-state index contributed by atoms with van der Waals surface area (Å²) in [6, 6.07) is 13.7. The van der Waals surface area contributed by atoms with Crippen LogP contribution in [0.25, 0.3) is 0 Å². The molecule has 1 N–H and O–H groups in total. The largest absolute Gasteiger partial charge is 0.508 e. The third-order valence-corrected chi connectivity index (χ3v) is 2.95. The molecule has 0 bridgehead atoms. The van der Waals surface area contributed by atoms with E-state index in [0.717, 1.165) is 17.5 Å². The molecule has 0 unspecified atom stereocenters. The summed E-state index contributed by atoms with van der Waals surface area (Å²) >= 11 is 6.09. The number of hydrogen-bond acceptors (Lipinski definition) is 1. The van der Waals surface area contributed by atoms with Gasteiger partial charge in [0.05, 0.1) is 0 Å². The van der Waals surface area contributed by atoms with E-state index in [4.69, 9.17) is 11.6 Å². The maximum absolute atomic E-state index is 9.51. The molecule has 2 rings (SSSR count). The second kappa shape index (κ2) is 4.58. The minimum Gasteiger partial charge on any atom is -0.508 e. The molecule has 0 aliphatic carbocycles. The van der Waals surface area contributed by atoms with Gasteiger partial charge < -0.3 is 5.11 Å². The molecule has 2 aromatic rings. The van der Waals surface area contributed by atoms with Crippen LogP contribution in [0.5, 0.6) is 5.75 Å². The molecule has 2 heteroatoms. The highest BCUT2D eigenvalue weighted by Crippen LogP contribution is 2.27. The number of benzene rings is 2. The second-order valence-electron chi connectivity index (χ2n) is 3.89. The second-order valence-corrected chi connectivity index (χ2v) is 4.30. The lowest BCUT2D eigenvalue weighted by atomic mass is 10.0. The van der Waals surface area contributed by atoms with Crippen molar-refractivity contribution in [3.8, 4) is 5.75 Å². The van der Waals surface area contributed by atoms with Gasteiger partial charge in [0.1, 0.15) is 5.75 Å². The lowest BCUT2D eigenvalue weighted by molar-refractivity contribution is 0.471. The first kappa shape index (κ1) is 11.0. The Morgan fingerprint density at radius 2 is 1.81 bits per heavy atom. The first-order valence-electron chi connectivity index (χ1n) is 5.19. The van der Waals surface area contributed by atoms with Gasteiger partial charge in [-0.2, -0.15) is 0 Å². The molecule has 0 amide bonds. The number of aromatic hydroxyl groups is 1. The summed E-state index contributed by atoms with van der Waals surface area (Å²) in [7, 11) is 0. The molecule has 2 aromatic carbocycles. The van der Waals surface area contributed by atoms with Crippen molar-refractivity contribution in [3.05, 3.63) is 64.2 Å². The predicted molar refractivity (Wildman–Crippen MR) is 67.1 cm³/mol. The standard InChI is InChI=1S/C14H13ClO/c1-10-7-12(13(15)9-14(10)16)8-11-5-3-2-4-6-11/h2-7,9,16H,8H2,1H3. The number of phenols is 1. The van der Waals surface area contributed by atoms with Crippen molar-refractivity contribution in [1.82, 2.24) is 0 Å². The fourth-order valence-electron chi connectivity index (χ4n) is 1.68. The Kier molecular flexibility index (Phi) is 3.16. The van der Waals surface area contributed by atoms with Crippen molar-refractivity contribution in [3.63, 3.8) is 0 Å². The van der Waals surface area contributed by atoms with Crippen LogP contribution in [-0.2, 0) is 6.42 Å². The van der Waals surface area contributed by atoms with Gasteiger partial charge in [0.2, 0.25) is 0 Å². The Morgan fingerprint density at radius 3 is 2.50 bits per heavy atom. The first-order valence-corrected chi connectivity index (χ1v) is 5.56. The molecule has 0 heterocycles. The highest BCUT2D eigenvalue weighted by molar-refractivity contribution is 6.31. The van der Waals surface area contributed by atoms with E-state index in [1.165, 1.54) is 5.56 Å². The molecule has 1 nitrogen and oxygen atoms in total. The van der Waals surface area contributed by atoms with Gasteiger partial charge in [-0.15, -0.1) is 0 Å². The summed E-state index contributed by atoms with van der Waals surface area (Å²) < 4.78 is 0. The van der Waals surface area contributed by atoms with Gasteiger partial charge in [-0.05, 0) is 36.1 Å². The van der Waals surface area contributed by atoms with Gasteiger partial charge in [0.25, 0.3) is 0 Å². The smallest absolute Gasteiger partial charge is 0.119 e. The quantitative estimate of drug-likeness (QED) is 0.832. The predicted octanol–water partition coefficient (Wildman–Crippen LogP) is 3.94. The van der Waals surface area contributed by atoms with E-state index in [2.05, 4.69) is 12.1 Å². The fraction of sp³-hybridized carbons (Fsp3) is 0.143. The molecule has 0 spiro atoms. The number of rotatable bonds is 2. The Labute approximate surface area is 100 Å². The monoisotopic (exact) mass is 232 g/mol. The van der Waals surface area contributed by atoms with E-state index < -0.39 is 0 Å². The zero-order valence-corrected chi connectivity index (χ0v) is 9.83. The van der Waals surface area contributed by atoms with Gasteiger partial charge in [-0.25, -0.2) is 0 Å². The van der Waals surface area contributed by atoms with E-state index in [1.54, 1.807) is 6.07 Å². The highest BCUT2D eigenvalue weighted by Gasteiger charge is 2.05. The molecule has 0 saturated heterocycles. The summed E-state index contributed by atoms with van der Waals surface area (Å²) in [6.07, 6.45) is 0.792. The van der Waals surface area contributed by atoms with E-state index in [0.29, 0.717) is 5.02 Å². The van der Waals surface area contributed by atoms with Crippen LogP contribution in [0, 0.1) is 6.92 Å².